The lowest BCUT2D eigenvalue weighted by Gasteiger charge is -2.38. The molecule has 0 amide bonds. The van der Waals surface area contributed by atoms with Crippen molar-refractivity contribution in [1.29, 1.82) is 5.26 Å². The lowest BCUT2D eigenvalue weighted by molar-refractivity contribution is 0.0964. The number of imidazole rings is 1. The SMILES string of the molecule is C[C@H]1CCc2ccccc2N1CC1=CC(=O)n2c(nc3ccccc32)[C@@H]1C#N. The van der Waals surface area contributed by atoms with Crippen molar-refractivity contribution >= 4 is 22.6 Å². The Kier molecular flexibility index (Phi) is 3.80. The molecule has 2 aliphatic heterocycles. The number of nitrogens with zero attached hydrogens (tertiary/aromatic N) is 4. The van der Waals surface area contributed by atoms with Crippen molar-refractivity contribution in [2.45, 2.75) is 31.7 Å². The molecule has 5 rings (SSSR count). The van der Waals surface area contributed by atoms with Crippen LogP contribution in [0.3, 0.4) is 0 Å². The average Bonchev–Trinajstić information content (AvgIpc) is 3.10. The van der Waals surface area contributed by atoms with Gasteiger partial charge in [-0.05, 0) is 49.1 Å². The molecule has 3 heterocycles. The first-order valence-electron chi connectivity index (χ1n) is 9.63. The summed E-state index contributed by atoms with van der Waals surface area (Å²) in [6, 6.07) is 18.7. The molecule has 0 spiro atoms. The maximum Gasteiger partial charge on any atom is 0.256 e. The number of anilines is 1. The largest absolute Gasteiger partial charge is 0.365 e. The van der Waals surface area contributed by atoms with Gasteiger partial charge in [-0.1, -0.05) is 30.3 Å². The van der Waals surface area contributed by atoms with Crippen molar-refractivity contribution in [3.63, 3.8) is 0 Å². The van der Waals surface area contributed by atoms with E-state index in [9.17, 15) is 10.1 Å². The molecule has 0 fully saturated rings. The summed E-state index contributed by atoms with van der Waals surface area (Å²) in [7, 11) is 0. The fraction of sp³-hybridized carbons (Fsp3) is 0.261. The van der Waals surface area contributed by atoms with Gasteiger partial charge in [0.05, 0.1) is 17.1 Å². The van der Waals surface area contributed by atoms with Gasteiger partial charge in [0.15, 0.2) is 0 Å². The zero-order valence-electron chi connectivity index (χ0n) is 15.7. The van der Waals surface area contributed by atoms with Gasteiger partial charge in [0.1, 0.15) is 11.7 Å². The monoisotopic (exact) mass is 368 g/mol. The number of rotatable bonds is 2. The molecule has 2 aromatic carbocycles. The van der Waals surface area contributed by atoms with Crippen LogP contribution in [0.4, 0.5) is 5.69 Å². The molecule has 0 saturated carbocycles. The number of aromatic nitrogens is 2. The lowest BCUT2D eigenvalue weighted by atomic mass is 9.92. The second-order valence-corrected chi connectivity index (χ2v) is 7.56. The first kappa shape index (κ1) is 16.8. The van der Waals surface area contributed by atoms with Crippen molar-refractivity contribution in [3.8, 4) is 6.07 Å². The Morgan fingerprint density at radius 3 is 2.82 bits per heavy atom. The van der Waals surface area contributed by atoms with Crippen LogP contribution >= 0.6 is 0 Å². The van der Waals surface area contributed by atoms with Crippen LogP contribution in [0.25, 0.3) is 11.0 Å². The summed E-state index contributed by atoms with van der Waals surface area (Å²) >= 11 is 0. The first-order chi connectivity index (χ1) is 13.7. The highest BCUT2D eigenvalue weighted by molar-refractivity contribution is 5.99. The molecular weight excluding hydrogens is 348 g/mol. The minimum absolute atomic E-state index is 0.122. The van der Waals surface area contributed by atoms with E-state index in [1.807, 2.05) is 30.3 Å². The molecule has 0 saturated heterocycles. The molecule has 5 nitrogen and oxygen atoms in total. The van der Waals surface area contributed by atoms with Crippen molar-refractivity contribution < 1.29 is 4.79 Å². The van der Waals surface area contributed by atoms with E-state index < -0.39 is 5.92 Å². The molecule has 28 heavy (non-hydrogen) atoms. The Labute approximate surface area is 163 Å². The lowest BCUT2D eigenvalue weighted by Crippen LogP contribution is -2.40. The summed E-state index contributed by atoms with van der Waals surface area (Å²) < 4.78 is 1.58. The Morgan fingerprint density at radius 1 is 1.18 bits per heavy atom. The van der Waals surface area contributed by atoms with Crippen molar-refractivity contribution in [3.05, 3.63) is 71.6 Å². The standard InChI is InChI=1S/C23H20N4O/c1-15-10-11-16-6-2-4-8-20(16)26(15)14-17-12-22(28)27-21-9-5-3-7-19(21)25-23(27)18(17)13-24/h2-9,12,15,18H,10-11,14H2,1H3/t15-,18+/m0/s1. The van der Waals surface area contributed by atoms with E-state index in [4.69, 9.17) is 0 Å². The maximum absolute atomic E-state index is 12.9. The quantitative estimate of drug-likeness (QED) is 0.684. The Morgan fingerprint density at radius 2 is 1.96 bits per heavy atom. The number of benzene rings is 2. The summed E-state index contributed by atoms with van der Waals surface area (Å²) in [6.45, 7) is 2.77. The van der Waals surface area contributed by atoms with Crippen molar-refractivity contribution in [1.82, 2.24) is 9.55 Å². The smallest absolute Gasteiger partial charge is 0.256 e. The van der Waals surface area contributed by atoms with Gasteiger partial charge in [0.25, 0.3) is 5.91 Å². The van der Waals surface area contributed by atoms with Gasteiger partial charge in [-0.3, -0.25) is 9.36 Å². The van der Waals surface area contributed by atoms with Gasteiger partial charge in [0, 0.05) is 24.4 Å². The summed E-state index contributed by atoms with van der Waals surface area (Å²) in [5.74, 6) is -0.112. The molecule has 2 aliphatic rings. The normalized spacial score (nSPS) is 21.1. The fourth-order valence-corrected chi connectivity index (χ4v) is 4.42. The zero-order chi connectivity index (χ0) is 19.3. The van der Waals surface area contributed by atoms with E-state index >= 15 is 0 Å². The highest BCUT2D eigenvalue weighted by atomic mass is 16.2. The predicted octanol–water partition coefficient (Wildman–Crippen LogP) is 4.06. The van der Waals surface area contributed by atoms with E-state index in [-0.39, 0.29) is 5.91 Å². The number of allylic oxidation sites excluding steroid dienone is 1. The molecule has 0 bridgehead atoms. The van der Waals surface area contributed by atoms with E-state index in [2.05, 4.69) is 41.1 Å². The Hall–Kier alpha value is -3.39. The van der Waals surface area contributed by atoms with Gasteiger partial charge in [-0.15, -0.1) is 0 Å². The molecule has 0 radical (unpaired) electrons. The molecule has 2 atom stereocenters. The highest BCUT2D eigenvalue weighted by Crippen LogP contribution is 2.36. The number of hydrogen-bond donors (Lipinski definition) is 0. The molecule has 0 aliphatic carbocycles. The fourth-order valence-electron chi connectivity index (χ4n) is 4.42. The molecular formula is C23H20N4O. The Balaban J connectivity index is 1.57. The van der Waals surface area contributed by atoms with Crippen LogP contribution in [0.15, 0.2) is 60.2 Å². The van der Waals surface area contributed by atoms with Gasteiger partial charge in [-0.2, -0.15) is 5.26 Å². The van der Waals surface area contributed by atoms with E-state index in [0.29, 0.717) is 18.4 Å². The van der Waals surface area contributed by atoms with Crippen molar-refractivity contribution in [2.24, 2.45) is 0 Å². The highest BCUT2D eigenvalue weighted by Gasteiger charge is 2.33. The number of para-hydroxylation sites is 3. The second-order valence-electron chi connectivity index (χ2n) is 7.56. The third kappa shape index (κ3) is 2.45. The van der Waals surface area contributed by atoms with Gasteiger partial charge in [-0.25, -0.2) is 4.98 Å². The van der Waals surface area contributed by atoms with Crippen LogP contribution in [-0.2, 0) is 6.42 Å². The van der Waals surface area contributed by atoms with Crippen LogP contribution < -0.4 is 4.90 Å². The van der Waals surface area contributed by atoms with Crippen LogP contribution in [0.1, 0.15) is 35.4 Å². The third-order valence-corrected chi connectivity index (χ3v) is 5.89. The van der Waals surface area contributed by atoms with E-state index in [1.54, 1.807) is 10.6 Å². The van der Waals surface area contributed by atoms with Crippen LogP contribution in [0.5, 0.6) is 0 Å². The summed E-state index contributed by atoms with van der Waals surface area (Å²) in [6.07, 6.45) is 3.76. The van der Waals surface area contributed by atoms with Gasteiger partial charge < -0.3 is 4.90 Å². The summed E-state index contributed by atoms with van der Waals surface area (Å²) in [4.78, 5) is 19.9. The van der Waals surface area contributed by atoms with Crippen molar-refractivity contribution in [2.75, 3.05) is 11.4 Å². The number of carbonyl (C=O) groups excluding carboxylic acids is 1. The minimum Gasteiger partial charge on any atom is -0.365 e. The first-order valence-corrected chi connectivity index (χ1v) is 9.63. The van der Waals surface area contributed by atoms with E-state index in [0.717, 1.165) is 29.4 Å². The summed E-state index contributed by atoms with van der Waals surface area (Å²) in [5.41, 5.74) is 4.85. The number of hydrogen-bond acceptors (Lipinski definition) is 4. The molecule has 3 aromatic rings. The number of nitriles is 1. The summed E-state index contributed by atoms with van der Waals surface area (Å²) in [5, 5.41) is 9.94. The molecule has 1 aromatic heterocycles. The molecule has 138 valence electrons. The van der Waals surface area contributed by atoms with Crippen LogP contribution in [0.2, 0.25) is 0 Å². The number of fused-ring (bicyclic) bond motifs is 4. The average molecular weight is 368 g/mol. The zero-order valence-corrected chi connectivity index (χ0v) is 15.7. The van der Waals surface area contributed by atoms with Gasteiger partial charge >= 0.3 is 0 Å². The van der Waals surface area contributed by atoms with Crippen LogP contribution in [0, 0.1) is 11.3 Å². The van der Waals surface area contributed by atoms with Gasteiger partial charge in [0.2, 0.25) is 0 Å². The molecule has 0 N–H and O–H groups in total. The third-order valence-electron chi connectivity index (χ3n) is 5.89. The predicted molar refractivity (Wildman–Crippen MR) is 108 cm³/mol. The number of carbonyl (C=O) groups is 1. The Bertz CT molecular complexity index is 1170. The van der Waals surface area contributed by atoms with Crippen LogP contribution in [-0.4, -0.2) is 28.0 Å². The number of aryl methyl sites for hydroxylation is 1. The second kappa shape index (κ2) is 6.35. The minimum atomic E-state index is -0.522. The molecule has 0 unspecified atom stereocenters. The maximum atomic E-state index is 12.9. The topological polar surface area (TPSA) is 61.9 Å². The van der Waals surface area contributed by atoms with E-state index in [1.165, 1.54) is 11.3 Å². The molecule has 5 heteroatoms.